The van der Waals surface area contributed by atoms with E-state index in [1.54, 1.807) is 0 Å². The van der Waals surface area contributed by atoms with Crippen LogP contribution in [0, 0.1) is 0 Å². The van der Waals surface area contributed by atoms with Gasteiger partial charge in [0.15, 0.2) is 5.96 Å². The first-order valence-electron chi connectivity index (χ1n) is 10.0. The first-order chi connectivity index (χ1) is 13.3. The maximum atomic E-state index is 5.68. The number of benzene rings is 1. The Morgan fingerprint density at radius 2 is 2.30 bits per heavy atom. The Kier molecular flexibility index (Phi) is 7.92. The summed E-state index contributed by atoms with van der Waals surface area (Å²) in [5.74, 6) is 1.83. The summed E-state index contributed by atoms with van der Waals surface area (Å²) in [5.41, 5.74) is 2.09. The van der Waals surface area contributed by atoms with Crippen molar-refractivity contribution in [3.63, 3.8) is 0 Å². The molecular weight excluding hydrogens is 342 g/mol. The molecule has 1 fully saturated rings. The zero-order valence-corrected chi connectivity index (χ0v) is 16.2. The number of aromatic nitrogens is 2. The first kappa shape index (κ1) is 19.6. The van der Waals surface area contributed by atoms with Gasteiger partial charge in [0.2, 0.25) is 0 Å². The van der Waals surface area contributed by atoms with Gasteiger partial charge in [-0.1, -0.05) is 12.1 Å². The topological polar surface area (TPSA) is 83.6 Å². The second kappa shape index (κ2) is 10.9. The van der Waals surface area contributed by atoms with Crippen molar-refractivity contribution in [1.82, 2.24) is 20.6 Å². The van der Waals surface area contributed by atoms with Crippen LogP contribution >= 0.6 is 0 Å². The summed E-state index contributed by atoms with van der Waals surface area (Å²) in [5, 5.41) is 6.65. The second-order valence-electron chi connectivity index (χ2n) is 6.70. The van der Waals surface area contributed by atoms with Crippen LogP contribution in [0.25, 0.3) is 11.0 Å². The molecule has 3 N–H and O–H groups in total. The SMILES string of the molecule is CCNC(=NCCCOCC1CCCO1)NCCc1nc2ccccc2[nH]1. The Hall–Kier alpha value is -2.12. The van der Waals surface area contributed by atoms with Crippen LogP contribution in [0.4, 0.5) is 0 Å². The summed E-state index contributed by atoms with van der Waals surface area (Å²) >= 11 is 0. The fraction of sp³-hybridized carbons (Fsp3) is 0.600. The van der Waals surface area contributed by atoms with Crippen molar-refractivity contribution in [1.29, 1.82) is 0 Å². The summed E-state index contributed by atoms with van der Waals surface area (Å²) < 4.78 is 11.2. The van der Waals surface area contributed by atoms with E-state index in [1.807, 2.05) is 24.3 Å². The van der Waals surface area contributed by atoms with E-state index < -0.39 is 0 Å². The Morgan fingerprint density at radius 1 is 1.37 bits per heavy atom. The highest BCUT2D eigenvalue weighted by atomic mass is 16.5. The molecule has 2 aromatic rings. The first-order valence-corrected chi connectivity index (χ1v) is 10.0. The van der Waals surface area contributed by atoms with Crippen molar-refractivity contribution in [3.05, 3.63) is 30.1 Å². The molecule has 0 saturated carbocycles. The molecule has 1 unspecified atom stereocenters. The summed E-state index contributed by atoms with van der Waals surface area (Å²) in [6, 6.07) is 8.09. The molecule has 7 heteroatoms. The van der Waals surface area contributed by atoms with Crippen molar-refractivity contribution in [2.24, 2.45) is 4.99 Å². The van der Waals surface area contributed by atoms with E-state index in [1.165, 1.54) is 0 Å². The van der Waals surface area contributed by atoms with Gasteiger partial charge < -0.3 is 25.1 Å². The predicted molar refractivity (Wildman–Crippen MR) is 108 cm³/mol. The molecule has 0 aliphatic carbocycles. The largest absolute Gasteiger partial charge is 0.379 e. The van der Waals surface area contributed by atoms with Gasteiger partial charge in [-0.25, -0.2) is 4.98 Å². The summed E-state index contributed by atoms with van der Waals surface area (Å²) in [6.07, 6.45) is 4.31. The smallest absolute Gasteiger partial charge is 0.191 e. The lowest BCUT2D eigenvalue weighted by atomic mass is 10.2. The number of hydrogen-bond acceptors (Lipinski definition) is 4. The number of H-pyrrole nitrogens is 1. The van der Waals surface area contributed by atoms with Crippen molar-refractivity contribution in [3.8, 4) is 0 Å². The molecule has 1 aromatic heterocycles. The average molecular weight is 374 g/mol. The van der Waals surface area contributed by atoms with Gasteiger partial charge in [-0.3, -0.25) is 4.99 Å². The molecule has 148 valence electrons. The van der Waals surface area contributed by atoms with Gasteiger partial charge in [-0.2, -0.15) is 0 Å². The van der Waals surface area contributed by atoms with Gasteiger partial charge in [0.25, 0.3) is 0 Å². The van der Waals surface area contributed by atoms with Gasteiger partial charge in [0.05, 0.1) is 23.7 Å². The number of imidazole rings is 1. The highest BCUT2D eigenvalue weighted by Crippen LogP contribution is 2.12. The number of hydrogen-bond donors (Lipinski definition) is 3. The average Bonchev–Trinajstić information content (AvgIpc) is 3.33. The number of aromatic amines is 1. The molecule has 0 radical (unpaired) electrons. The van der Waals surface area contributed by atoms with E-state index in [-0.39, 0.29) is 0 Å². The van der Waals surface area contributed by atoms with Crippen LogP contribution in [0.1, 0.15) is 32.0 Å². The zero-order chi connectivity index (χ0) is 18.7. The molecule has 1 aliphatic heterocycles. The zero-order valence-electron chi connectivity index (χ0n) is 16.2. The molecule has 2 heterocycles. The van der Waals surface area contributed by atoms with Crippen LogP contribution in [0.3, 0.4) is 0 Å². The molecule has 27 heavy (non-hydrogen) atoms. The summed E-state index contributed by atoms with van der Waals surface area (Å²) in [7, 11) is 0. The number of rotatable bonds is 10. The Balaban J connectivity index is 1.34. The van der Waals surface area contributed by atoms with Crippen molar-refractivity contribution < 1.29 is 9.47 Å². The Labute approximate surface area is 161 Å². The monoisotopic (exact) mass is 373 g/mol. The lowest BCUT2D eigenvalue weighted by Crippen LogP contribution is -2.38. The predicted octanol–water partition coefficient (Wildman–Crippen LogP) is 2.25. The van der Waals surface area contributed by atoms with Gasteiger partial charge in [-0.05, 0) is 38.3 Å². The highest BCUT2D eigenvalue weighted by Gasteiger charge is 2.14. The van der Waals surface area contributed by atoms with Crippen molar-refractivity contribution in [2.45, 2.75) is 38.7 Å². The van der Waals surface area contributed by atoms with Crippen molar-refractivity contribution >= 4 is 17.0 Å². The van der Waals surface area contributed by atoms with Gasteiger partial charge in [0.1, 0.15) is 5.82 Å². The molecule has 0 spiro atoms. The van der Waals surface area contributed by atoms with Crippen LogP contribution in [-0.2, 0) is 15.9 Å². The van der Waals surface area contributed by atoms with Crippen LogP contribution in [0.15, 0.2) is 29.3 Å². The van der Waals surface area contributed by atoms with Gasteiger partial charge in [-0.15, -0.1) is 0 Å². The van der Waals surface area contributed by atoms with Crippen molar-refractivity contribution in [2.75, 3.05) is 39.5 Å². The highest BCUT2D eigenvalue weighted by molar-refractivity contribution is 5.79. The van der Waals surface area contributed by atoms with Gasteiger partial charge >= 0.3 is 0 Å². The molecule has 7 nitrogen and oxygen atoms in total. The van der Waals surface area contributed by atoms with Crippen LogP contribution in [0.5, 0.6) is 0 Å². The molecular formula is C20H31N5O2. The molecule has 0 amide bonds. The third-order valence-corrected chi connectivity index (χ3v) is 4.48. The second-order valence-corrected chi connectivity index (χ2v) is 6.70. The Morgan fingerprint density at radius 3 is 3.11 bits per heavy atom. The maximum Gasteiger partial charge on any atom is 0.191 e. The number of nitrogens with one attached hydrogen (secondary N) is 3. The standard InChI is InChI=1S/C20H31N5O2/c1-2-21-20(22-11-6-13-26-15-16-7-5-14-27-16)23-12-10-19-24-17-8-3-4-9-18(17)25-19/h3-4,8-9,16H,2,5-7,10-15H2,1H3,(H,24,25)(H2,21,22,23). The quantitative estimate of drug-likeness (QED) is 0.338. The molecule has 0 bridgehead atoms. The van der Waals surface area contributed by atoms with Gasteiger partial charge in [0, 0.05) is 39.3 Å². The minimum atomic E-state index is 0.297. The van der Waals surface area contributed by atoms with E-state index in [0.717, 1.165) is 81.3 Å². The van der Waals surface area contributed by atoms with Crippen LogP contribution < -0.4 is 10.6 Å². The van der Waals surface area contributed by atoms with E-state index in [9.17, 15) is 0 Å². The number of ether oxygens (including phenoxy) is 2. The van der Waals surface area contributed by atoms with Crippen LogP contribution in [-0.4, -0.2) is 61.5 Å². The van der Waals surface area contributed by atoms with E-state index in [2.05, 4.69) is 32.5 Å². The van der Waals surface area contributed by atoms with E-state index in [4.69, 9.17) is 9.47 Å². The molecule has 1 aliphatic rings. The fourth-order valence-corrected chi connectivity index (χ4v) is 3.11. The normalized spacial score (nSPS) is 17.5. The number of nitrogens with zero attached hydrogens (tertiary/aromatic N) is 2. The minimum Gasteiger partial charge on any atom is -0.379 e. The molecule has 1 aromatic carbocycles. The maximum absolute atomic E-state index is 5.68. The van der Waals surface area contributed by atoms with Crippen LogP contribution in [0.2, 0.25) is 0 Å². The molecule has 1 saturated heterocycles. The number of guanidine groups is 1. The third kappa shape index (κ3) is 6.52. The fourth-order valence-electron chi connectivity index (χ4n) is 3.11. The number of para-hydroxylation sites is 2. The van der Waals surface area contributed by atoms with E-state index in [0.29, 0.717) is 12.7 Å². The molecule has 1 atom stereocenters. The summed E-state index contributed by atoms with van der Waals surface area (Å²) in [6.45, 7) is 6.74. The number of aliphatic imine (C=N–C) groups is 1. The lowest BCUT2D eigenvalue weighted by Gasteiger charge is -2.11. The molecule has 3 rings (SSSR count). The third-order valence-electron chi connectivity index (χ3n) is 4.48. The van der Waals surface area contributed by atoms with E-state index >= 15 is 0 Å². The minimum absolute atomic E-state index is 0.297. The summed E-state index contributed by atoms with van der Waals surface area (Å²) in [4.78, 5) is 12.6. The lowest BCUT2D eigenvalue weighted by molar-refractivity contribution is 0.0171. The Bertz CT molecular complexity index is 676. The number of fused-ring (bicyclic) bond motifs is 1.